The molecule has 0 spiro atoms. The summed E-state index contributed by atoms with van der Waals surface area (Å²) in [5.41, 5.74) is 3.74. The van der Waals surface area contributed by atoms with Gasteiger partial charge in [0.15, 0.2) is 0 Å². The second kappa shape index (κ2) is 7.61. The van der Waals surface area contributed by atoms with Gasteiger partial charge in [0, 0.05) is 16.7 Å². The van der Waals surface area contributed by atoms with Crippen LogP contribution in [0.2, 0.25) is 0 Å². The molecule has 2 aromatic carbocycles. The Morgan fingerprint density at radius 2 is 1.60 bits per heavy atom. The van der Waals surface area contributed by atoms with Crippen molar-refractivity contribution in [3.8, 4) is 5.75 Å². The molecule has 2 rings (SSSR count). The van der Waals surface area contributed by atoms with Crippen molar-refractivity contribution in [2.75, 3.05) is 5.32 Å². The summed E-state index contributed by atoms with van der Waals surface area (Å²) in [4.78, 5) is 24.0. The molecule has 0 aromatic heterocycles. The van der Waals surface area contributed by atoms with Crippen LogP contribution >= 0.6 is 0 Å². The number of rotatable bonds is 4. The predicted molar refractivity (Wildman–Crippen MR) is 97.7 cm³/mol. The van der Waals surface area contributed by atoms with Gasteiger partial charge in [0.2, 0.25) is 5.91 Å². The van der Waals surface area contributed by atoms with Gasteiger partial charge in [-0.2, -0.15) is 5.10 Å². The first-order valence-corrected chi connectivity index (χ1v) is 7.80. The number of amides is 2. The standard InChI is InChI=1S/C19H21N3O3/c1-19(2,3)18(25)21-15-8-6-14(7-9-15)17(24)22-20-12-13-4-10-16(23)11-5-13/h4-12,23H,1-3H3,(H,21,25)(H,22,24)/b20-12+. The third-order valence-corrected chi connectivity index (χ3v) is 3.36. The Kier molecular flexibility index (Phi) is 5.54. The number of aromatic hydroxyl groups is 1. The number of carbonyl (C=O) groups is 2. The van der Waals surface area contributed by atoms with Crippen molar-refractivity contribution in [2.45, 2.75) is 20.8 Å². The third kappa shape index (κ3) is 5.46. The molecule has 0 atom stereocenters. The van der Waals surface area contributed by atoms with Crippen LogP contribution in [-0.2, 0) is 4.79 Å². The van der Waals surface area contributed by atoms with E-state index in [0.717, 1.165) is 5.56 Å². The van der Waals surface area contributed by atoms with E-state index in [1.54, 1.807) is 36.4 Å². The Balaban J connectivity index is 1.94. The van der Waals surface area contributed by atoms with Crippen LogP contribution in [0.15, 0.2) is 53.6 Å². The zero-order valence-electron chi connectivity index (χ0n) is 14.4. The summed E-state index contributed by atoms with van der Waals surface area (Å²) in [6, 6.07) is 13.0. The lowest BCUT2D eigenvalue weighted by atomic mass is 9.95. The van der Waals surface area contributed by atoms with E-state index in [2.05, 4.69) is 15.8 Å². The number of hydrogen-bond donors (Lipinski definition) is 3. The largest absolute Gasteiger partial charge is 0.508 e. The van der Waals surface area contributed by atoms with Gasteiger partial charge in [0.25, 0.3) is 5.91 Å². The van der Waals surface area contributed by atoms with Crippen molar-refractivity contribution in [3.63, 3.8) is 0 Å². The molecular formula is C19H21N3O3. The van der Waals surface area contributed by atoms with E-state index in [4.69, 9.17) is 0 Å². The Morgan fingerprint density at radius 1 is 1.00 bits per heavy atom. The van der Waals surface area contributed by atoms with Crippen molar-refractivity contribution in [2.24, 2.45) is 10.5 Å². The fourth-order valence-corrected chi connectivity index (χ4v) is 1.81. The highest BCUT2D eigenvalue weighted by molar-refractivity contribution is 5.97. The van der Waals surface area contributed by atoms with Gasteiger partial charge in [-0.1, -0.05) is 20.8 Å². The highest BCUT2D eigenvalue weighted by atomic mass is 16.3. The van der Waals surface area contributed by atoms with Gasteiger partial charge in [0.1, 0.15) is 5.75 Å². The van der Waals surface area contributed by atoms with E-state index in [1.165, 1.54) is 18.3 Å². The quantitative estimate of drug-likeness (QED) is 0.590. The van der Waals surface area contributed by atoms with Crippen LogP contribution in [0.4, 0.5) is 5.69 Å². The fourth-order valence-electron chi connectivity index (χ4n) is 1.81. The predicted octanol–water partition coefficient (Wildman–Crippen LogP) is 3.14. The number of benzene rings is 2. The maximum atomic E-state index is 12.0. The monoisotopic (exact) mass is 339 g/mol. The highest BCUT2D eigenvalue weighted by Crippen LogP contribution is 2.17. The maximum Gasteiger partial charge on any atom is 0.271 e. The Hall–Kier alpha value is -3.15. The summed E-state index contributed by atoms with van der Waals surface area (Å²) in [5.74, 6) is -0.285. The molecule has 0 heterocycles. The van der Waals surface area contributed by atoms with Crippen LogP contribution in [0.25, 0.3) is 0 Å². The third-order valence-electron chi connectivity index (χ3n) is 3.36. The molecule has 0 saturated carbocycles. The normalized spacial score (nSPS) is 11.3. The van der Waals surface area contributed by atoms with Crippen LogP contribution in [0.1, 0.15) is 36.7 Å². The van der Waals surface area contributed by atoms with E-state index in [1.807, 2.05) is 20.8 Å². The molecule has 0 bridgehead atoms. The van der Waals surface area contributed by atoms with Crippen molar-refractivity contribution in [1.82, 2.24) is 5.43 Å². The van der Waals surface area contributed by atoms with Crippen molar-refractivity contribution in [1.29, 1.82) is 0 Å². The molecule has 0 aliphatic heterocycles. The molecular weight excluding hydrogens is 318 g/mol. The lowest BCUT2D eigenvalue weighted by molar-refractivity contribution is -0.123. The van der Waals surface area contributed by atoms with Crippen LogP contribution in [-0.4, -0.2) is 23.1 Å². The van der Waals surface area contributed by atoms with Gasteiger partial charge in [0.05, 0.1) is 6.21 Å². The van der Waals surface area contributed by atoms with Crippen LogP contribution in [0.3, 0.4) is 0 Å². The number of nitrogens with zero attached hydrogens (tertiary/aromatic N) is 1. The van der Waals surface area contributed by atoms with E-state index in [9.17, 15) is 14.7 Å². The maximum absolute atomic E-state index is 12.0. The van der Waals surface area contributed by atoms with Crippen LogP contribution in [0.5, 0.6) is 5.75 Å². The molecule has 0 saturated heterocycles. The summed E-state index contributed by atoms with van der Waals surface area (Å²) in [6.07, 6.45) is 1.48. The van der Waals surface area contributed by atoms with Crippen LogP contribution in [0, 0.1) is 5.41 Å². The number of nitrogens with one attached hydrogen (secondary N) is 2. The molecule has 3 N–H and O–H groups in total. The first kappa shape index (κ1) is 18.2. The van der Waals surface area contributed by atoms with Gasteiger partial charge < -0.3 is 10.4 Å². The minimum absolute atomic E-state index is 0.0943. The SMILES string of the molecule is CC(C)(C)C(=O)Nc1ccc(C(=O)N/N=C/c2ccc(O)cc2)cc1. The van der Waals surface area contributed by atoms with E-state index >= 15 is 0 Å². The molecule has 2 aromatic rings. The topological polar surface area (TPSA) is 90.8 Å². The molecule has 25 heavy (non-hydrogen) atoms. The van der Waals surface area contributed by atoms with Crippen molar-refractivity contribution < 1.29 is 14.7 Å². The van der Waals surface area contributed by atoms with Crippen molar-refractivity contribution >= 4 is 23.7 Å². The minimum atomic E-state index is -0.487. The number of hydrogen-bond acceptors (Lipinski definition) is 4. The fraction of sp³-hybridized carbons (Fsp3) is 0.211. The summed E-state index contributed by atoms with van der Waals surface area (Å²) in [6.45, 7) is 5.49. The van der Waals surface area contributed by atoms with Gasteiger partial charge >= 0.3 is 0 Å². The minimum Gasteiger partial charge on any atom is -0.508 e. The molecule has 0 aliphatic rings. The Bertz CT molecular complexity index is 773. The molecule has 6 nitrogen and oxygen atoms in total. The van der Waals surface area contributed by atoms with E-state index in [-0.39, 0.29) is 17.6 Å². The molecule has 0 unspecified atom stereocenters. The van der Waals surface area contributed by atoms with E-state index in [0.29, 0.717) is 11.3 Å². The molecule has 2 amide bonds. The number of carbonyl (C=O) groups excluding carboxylic acids is 2. The van der Waals surface area contributed by atoms with E-state index < -0.39 is 5.41 Å². The second-order valence-corrected chi connectivity index (χ2v) is 6.57. The first-order valence-electron chi connectivity index (χ1n) is 7.80. The smallest absolute Gasteiger partial charge is 0.271 e. The van der Waals surface area contributed by atoms with Gasteiger partial charge in [-0.05, 0) is 54.1 Å². The number of phenols is 1. The average Bonchev–Trinajstić information content (AvgIpc) is 2.56. The van der Waals surface area contributed by atoms with Gasteiger partial charge in [-0.25, -0.2) is 5.43 Å². The zero-order chi connectivity index (χ0) is 18.4. The van der Waals surface area contributed by atoms with Gasteiger partial charge in [-0.15, -0.1) is 0 Å². The van der Waals surface area contributed by atoms with Crippen LogP contribution < -0.4 is 10.7 Å². The second-order valence-electron chi connectivity index (χ2n) is 6.57. The summed E-state index contributed by atoms with van der Waals surface area (Å²) >= 11 is 0. The highest BCUT2D eigenvalue weighted by Gasteiger charge is 2.21. The summed E-state index contributed by atoms with van der Waals surface area (Å²) < 4.78 is 0. The zero-order valence-corrected chi connectivity index (χ0v) is 14.4. The molecule has 0 aliphatic carbocycles. The molecule has 6 heteroatoms. The molecule has 0 radical (unpaired) electrons. The molecule has 0 fully saturated rings. The number of hydrazone groups is 1. The lowest BCUT2D eigenvalue weighted by Gasteiger charge is -2.17. The molecule has 130 valence electrons. The summed E-state index contributed by atoms with van der Waals surface area (Å²) in [5, 5.41) is 15.9. The Morgan fingerprint density at radius 3 is 2.16 bits per heavy atom. The van der Waals surface area contributed by atoms with Gasteiger partial charge in [-0.3, -0.25) is 9.59 Å². The first-order chi connectivity index (χ1) is 11.8. The number of anilines is 1. The number of phenolic OH excluding ortho intramolecular Hbond substituents is 1. The average molecular weight is 339 g/mol. The van der Waals surface area contributed by atoms with Crippen molar-refractivity contribution in [3.05, 3.63) is 59.7 Å². The summed E-state index contributed by atoms with van der Waals surface area (Å²) in [7, 11) is 0. The Labute approximate surface area is 146 Å². The lowest BCUT2D eigenvalue weighted by Crippen LogP contribution is -2.27.